The Morgan fingerprint density at radius 2 is 2.00 bits per heavy atom. The molecule has 1 N–H and O–H groups in total. The Morgan fingerprint density at radius 1 is 1.16 bits per heavy atom. The zero-order valence-corrected chi connectivity index (χ0v) is 17.1. The van der Waals surface area contributed by atoms with E-state index in [1.807, 2.05) is 0 Å². The van der Waals surface area contributed by atoms with Crippen LogP contribution in [0.5, 0.6) is 17.2 Å². The normalized spacial score (nSPS) is 10.8. The standard InChI is InChI=1S/C22H19FN4O4/c1-12-13(2)31-27-22(12)26-21(28)10-18-20(29-3)9-15(11-25-18)30-19-6-7-24-17-5-4-14(23)8-16(17)19/h4-9,11H,10H2,1-3H3,(H,26,27,28). The number of nitrogens with one attached hydrogen (secondary N) is 1. The number of hydrogen-bond donors (Lipinski definition) is 1. The molecule has 158 valence electrons. The van der Waals surface area contributed by atoms with Crippen molar-refractivity contribution in [3.05, 3.63) is 65.6 Å². The average molecular weight is 422 g/mol. The van der Waals surface area contributed by atoms with Gasteiger partial charge in [0.25, 0.3) is 0 Å². The second-order valence-corrected chi connectivity index (χ2v) is 6.83. The van der Waals surface area contributed by atoms with Crippen LogP contribution in [0.2, 0.25) is 0 Å². The number of nitrogens with zero attached hydrogens (tertiary/aromatic N) is 3. The lowest BCUT2D eigenvalue weighted by atomic mass is 10.2. The van der Waals surface area contributed by atoms with Crippen LogP contribution in [0.25, 0.3) is 10.9 Å². The van der Waals surface area contributed by atoms with Gasteiger partial charge in [0.05, 0.1) is 30.9 Å². The van der Waals surface area contributed by atoms with E-state index in [0.29, 0.717) is 45.4 Å². The molecule has 0 aliphatic rings. The van der Waals surface area contributed by atoms with Crippen LogP contribution in [-0.2, 0) is 11.2 Å². The van der Waals surface area contributed by atoms with Crippen molar-refractivity contribution >= 4 is 22.6 Å². The van der Waals surface area contributed by atoms with Crippen molar-refractivity contribution in [2.45, 2.75) is 20.3 Å². The number of methoxy groups -OCH3 is 1. The minimum absolute atomic E-state index is 0.0296. The molecule has 0 spiro atoms. The van der Waals surface area contributed by atoms with E-state index in [0.717, 1.165) is 5.56 Å². The molecule has 9 heteroatoms. The van der Waals surface area contributed by atoms with Crippen LogP contribution in [0.15, 0.2) is 47.2 Å². The second-order valence-electron chi connectivity index (χ2n) is 6.83. The third-order valence-corrected chi connectivity index (χ3v) is 4.76. The maximum Gasteiger partial charge on any atom is 0.231 e. The zero-order chi connectivity index (χ0) is 22.0. The summed E-state index contributed by atoms with van der Waals surface area (Å²) in [5.74, 6) is 1.49. The number of benzene rings is 1. The molecule has 31 heavy (non-hydrogen) atoms. The molecule has 0 saturated carbocycles. The number of ether oxygens (including phenoxy) is 2. The highest BCUT2D eigenvalue weighted by atomic mass is 19.1. The molecule has 0 aliphatic heterocycles. The number of pyridine rings is 2. The molecule has 4 aromatic rings. The van der Waals surface area contributed by atoms with Crippen molar-refractivity contribution < 1.29 is 23.2 Å². The maximum absolute atomic E-state index is 13.7. The average Bonchev–Trinajstić information content (AvgIpc) is 3.07. The second kappa shape index (κ2) is 8.39. The predicted octanol–water partition coefficient (Wildman–Crippen LogP) is 4.36. The molecule has 0 aliphatic carbocycles. The molecule has 0 bridgehead atoms. The fraction of sp³-hybridized carbons (Fsp3) is 0.182. The first-order chi connectivity index (χ1) is 14.9. The summed E-state index contributed by atoms with van der Waals surface area (Å²) in [5.41, 5.74) is 1.79. The molecule has 3 aromatic heterocycles. The number of amides is 1. The van der Waals surface area contributed by atoms with Crippen LogP contribution in [0, 0.1) is 19.7 Å². The number of carbonyl (C=O) groups is 1. The van der Waals surface area contributed by atoms with Gasteiger partial charge in [-0.1, -0.05) is 5.16 Å². The van der Waals surface area contributed by atoms with E-state index in [2.05, 4.69) is 20.4 Å². The van der Waals surface area contributed by atoms with Crippen molar-refractivity contribution in [1.82, 2.24) is 15.1 Å². The first kappa shape index (κ1) is 20.3. The molecule has 0 radical (unpaired) electrons. The number of hydrogen-bond acceptors (Lipinski definition) is 7. The lowest BCUT2D eigenvalue weighted by Gasteiger charge is -2.12. The van der Waals surface area contributed by atoms with E-state index in [4.69, 9.17) is 14.0 Å². The molecular formula is C22H19FN4O4. The molecule has 0 unspecified atom stereocenters. The van der Waals surface area contributed by atoms with Gasteiger partial charge in [0.1, 0.15) is 28.8 Å². The van der Waals surface area contributed by atoms with E-state index >= 15 is 0 Å². The largest absolute Gasteiger partial charge is 0.495 e. The maximum atomic E-state index is 13.7. The van der Waals surface area contributed by atoms with Crippen LogP contribution in [0.3, 0.4) is 0 Å². The molecule has 0 saturated heterocycles. The fourth-order valence-corrected chi connectivity index (χ4v) is 2.99. The highest BCUT2D eigenvalue weighted by molar-refractivity contribution is 5.92. The number of aryl methyl sites for hydroxylation is 1. The Morgan fingerprint density at radius 3 is 2.74 bits per heavy atom. The van der Waals surface area contributed by atoms with Crippen molar-refractivity contribution in [2.75, 3.05) is 12.4 Å². The number of anilines is 1. The summed E-state index contributed by atoms with van der Waals surface area (Å²) in [6.07, 6.45) is 3.02. The summed E-state index contributed by atoms with van der Waals surface area (Å²) >= 11 is 0. The summed E-state index contributed by atoms with van der Waals surface area (Å²) in [5, 5.41) is 7.05. The molecule has 3 heterocycles. The Balaban J connectivity index is 1.54. The van der Waals surface area contributed by atoms with Crippen molar-refractivity contribution in [3.8, 4) is 17.2 Å². The molecule has 0 fully saturated rings. The van der Waals surface area contributed by atoms with Gasteiger partial charge < -0.3 is 19.3 Å². The number of halogens is 1. The Bertz CT molecular complexity index is 1270. The molecule has 1 amide bonds. The van der Waals surface area contributed by atoms with E-state index in [-0.39, 0.29) is 18.1 Å². The first-order valence-electron chi connectivity index (χ1n) is 9.42. The van der Waals surface area contributed by atoms with Crippen LogP contribution in [0.1, 0.15) is 17.0 Å². The molecular weight excluding hydrogens is 403 g/mol. The van der Waals surface area contributed by atoms with Crippen molar-refractivity contribution in [3.63, 3.8) is 0 Å². The number of rotatable bonds is 6. The van der Waals surface area contributed by atoms with E-state index in [9.17, 15) is 9.18 Å². The van der Waals surface area contributed by atoms with Crippen LogP contribution in [0.4, 0.5) is 10.2 Å². The topological polar surface area (TPSA) is 99.4 Å². The summed E-state index contributed by atoms with van der Waals surface area (Å²) in [6.45, 7) is 3.57. The fourth-order valence-electron chi connectivity index (χ4n) is 2.99. The SMILES string of the molecule is COc1cc(Oc2ccnc3ccc(F)cc23)cnc1CC(=O)Nc1noc(C)c1C. The van der Waals surface area contributed by atoms with Gasteiger partial charge in [-0.05, 0) is 38.1 Å². The number of aromatic nitrogens is 3. The third kappa shape index (κ3) is 4.30. The minimum Gasteiger partial charge on any atom is -0.495 e. The van der Waals surface area contributed by atoms with Crippen molar-refractivity contribution in [2.24, 2.45) is 0 Å². The highest BCUT2D eigenvalue weighted by Gasteiger charge is 2.16. The predicted molar refractivity (Wildman–Crippen MR) is 111 cm³/mol. The van der Waals surface area contributed by atoms with Crippen molar-refractivity contribution in [1.29, 1.82) is 0 Å². The molecule has 4 rings (SSSR count). The van der Waals surface area contributed by atoms with Gasteiger partial charge in [-0.3, -0.25) is 14.8 Å². The first-order valence-corrected chi connectivity index (χ1v) is 9.42. The monoisotopic (exact) mass is 422 g/mol. The summed E-state index contributed by atoms with van der Waals surface area (Å²) < 4.78 is 30.0. The van der Waals surface area contributed by atoms with Crippen LogP contribution in [-0.4, -0.2) is 28.1 Å². The summed E-state index contributed by atoms with van der Waals surface area (Å²) in [7, 11) is 1.48. The van der Waals surface area contributed by atoms with E-state index in [1.165, 1.54) is 25.4 Å². The van der Waals surface area contributed by atoms with Crippen LogP contribution < -0.4 is 14.8 Å². The zero-order valence-electron chi connectivity index (χ0n) is 17.1. The van der Waals surface area contributed by atoms with E-state index < -0.39 is 0 Å². The van der Waals surface area contributed by atoms with Gasteiger partial charge in [0, 0.05) is 23.2 Å². The van der Waals surface area contributed by atoms with Gasteiger partial charge in [-0.15, -0.1) is 0 Å². The minimum atomic E-state index is -0.389. The van der Waals surface area contributed by atoms with Gasteiger partial charge in [-0.25, -0.2) is 4.39 Å². The Hall–Kier alpha value is -4.01. The van der Waals surface area contributed by atoms with Crippen LogP contribution >= 0.6 is 0 Å². The number of fused-ring (bicyclic) bond motifs is 1. The smallest absolute Gasteiger partial charge is 0.231 e. The third-order valence-electron chi connectivity index (χ3n) is 4.76. The van der Waals surface area contributed by atoms with E-state index in [1.54, 1.807) is 38.2 Å². The van der Waals surface area contributed by atoms with Gasteiger partial charge in [0.2, 0.25) is 5.91 Å². The highest BCUT2D eigenvalue weighted by Crippen LogP contribution is 2.31. The lowest BCUT2D eigenvalue weighted by molar-refractivity contribution is -0.115. The summed E-state index contributed by atoms with van der Waals surface area (Å²) in [4.78, 5) is 20.9. The number of carbonyl (C=O) groups excluding carboxylic acids is 1. The summed E-state index contributed by atoms with van der Waals surface area (Å²) in [6, 6.07) is 7.53. The lowest BCUT2D eigenvalue weighted by Crippen LogP contribution is -2.16. The van der Waals surface area contributed by atoms with Gasteiger partial charge in [0.15, 0.2) is 5.82 Å². The molecule has 1 aromatic carbocycles. The molecule has 0 atom stereocenters. The quantitative estimate of drug-likeness (QED) is 0.493. The van der Waals surface area contributed by atoms with Gasteiger partial charge in [-0.2, -0.15) is 0 Å². The molecule has 8 nitrogen and oxygen atoms in total. The Kier molecular flexibility index (Phi) is 5.48. The van der Waals surface area contributed by atoms with Gasteiger partial charge >= 0.3 is 0 Å². The Labute approximate surface area is 177 Å².